The second kappa shape index (κ2) is 10.0. The number of methoxy groups -OCH3 is 1. The molecule has 3 heterocycles. The van der Waals surface area contributed by atoms with Crippen molar-refractivity contribution in [1.29, 1.82) is 0 Å². The van der Waals surface area contributed by atoms with E-state index in [-0.39, 0.29) is 6.10 Å². The minimum atomic E-state index is 0.223. The van der Waals surface area contributed by atoms with E-state index < -0.39 is 0 Å². The van der Waals surface area contributed by atoms with Crippen molar-refractivity contribution < 1.29 is 9.47 Å². The number of nitrogens with zero attached hydrogens (tertiary/aromatic N) is 3. The number of guanidine groups is 1. The van der Waals surface area contributed by atoms with Crippen LogP contribution in [0, 0.1) is 0 Å². The maximum atomic E-state index is 5.92. The molecule has 7 heteroatoms. The number of hydrogen-bond acceptors (Lipinski definition) is 5. The lowest BCUT2D eigenvalue weighted by molar-refractivity contribution is 0.196. The largest absolute Gasteiger partial charge is 0.496 e. The monoisotopic (exact) mass is 423 g/mol. The molecule has 0 spiro atoms. The molecule has 1 aromatic heterocycles. The highest BCUT2D eigenvalue weighted by Crippen LogP contribution is 2.34. The summed E-state index contributed by atoms with van der Waals surface area (Å²) in [5.74, 6) is 2.68. The van der Waals surface area contributed by atoms with Gasteiger partial charge in [-0.15, -0.1) is 0 Å². The van der Waals surface area contributed by atoms with Crippen LogP contribution in [0.25, 0.3) is 0 Å². The highest BCUT2D eigenvalue weighted by atomic mass is 16.5. The van der Waals surface area contributed by atoms with Crippen molar-refractivity contribution >= 4 is 5.96 Å². The summed E-state index contributed by atoms with van der Waals surface area (Å²) in [5, 5.41) is 7.02. The van der Waals surface area contributed by atoms with Crippen molar-refractivity contribution in [3.63, 3.8) is 0 Å². The van der Waals surface area contributed by atoms with Crippen LogP contribution in [0.3, 0.4) is 0 Å². The highest BCUT2D eigenvalue weighted by molar-refractivity contribution is 5.80. The zero-order valence-corrected chi connectivity index (χ0v) is 18.7. The standard InChI is InChI=1S/C24H33N5O2/c1-17-12-18-13-22(30-3)19(14-23(18)31-17)15-27-24(25-2)28-20-7-10-29(11-8-20)16-21-6-4-5-9-26-21/h4-6,9,13-14,17,20H,7-8,10-12,15-16H2,1-3H3,(H2,25,27,28). The molecule has 2 aromatic rings. The molecule has 1 fully saturated rings. The molecule has 31 heavy (non-hydrogen) atoms. The molecule has 0 radical (unpaired) electrons. The lowest BCUT2D eigenvalue weighted by atomic mass is 10.0. The van der Waals surface area contributed by atoms with Gasteiger partial charge in [-0.2, -0.15) is 0 Å². The average Bonchev–Trinajstić information content (AvgIpc) is 3.16. The van der Waals surface area contributed by atoms with E-state index >= 15 is 0 Å². The maximum absolute atomic E-state index is 5.92. The van der Waals surface area contributed by atoms with Crippen LogP contribution < -0.4 is 20.1 Å². The van der Waals surface area contributed by atoms with Gasteiger partial charge in [0.25, 0.3) is 0 Å². The van der Waals surface area contributed by atoms with Gasteiger partial charge in [0.2, 0.25) is 0 Å². The van der Waals surface area contributed by atoms with Gasteiger partial charge in [-0.1, -0.05) is 6.07 Å². The SMILES string of the molecule is CN=C(NCc1cc2c(cc1OC)CC(C)O2)NC1CCN(Cc2ccccn2)CC1. The molecule has 1 atom stereocenters. The maximum Gasteiger partial charge on any atom is 0.191 e. The van der Waals surface area contributed by atoms with Crippen molar-refractivity contribution in [1.82, 2.24) is 20.5 Å². The second-order valence-corrected chi connectivity index (χ2v) is 8.35. The Kier molecular flexibility index (Phi) is 6.92. The van der Waals surface area contributed by atoms with Crippen molar-refractivity contribution in [2.24, 2.45) is 4.99 Å². The minimum absolute atomic E-state index is 0.223. The fourth-order valence-corrected chi connectivity index (χ4v) is 4.33. The van der Waals surface area contributed by atoms with E-state index in [1.54, 1.807) is 7.11 Å². The van der Waals surface area contributed by atoms with Crippen molar-refractivity contribution in [3.8, 4) is 11.5 Å². The Morgan fingerprint density at radius 2 is 2.13 bits per heavy atom. The van der Waals surface area contributed by atoms with Gasteiger partial charge in [-0.25, -0.2) is 0 Å². The van der Waals surface area contributed by atoms with Crippen molar-refractivity contribution in [2.75, 3.05) is 27.2 Å². The molecule has 7 nitrogen and oxygen atoms in total. The third-order valence-corrected chi connectivity index (χ3v) is 6.01. The number of likely N-dealkylation sites (tertiary alicyclic amines) is 1. The number of piperidine rings is 1. The number of ether oxygens (including phenoxy) is 2. The zero-order chi connectivity index (χ0) is 21.6. The number of aliphatic imine (C=N–C) groups is 1. The Hall–Kier alpha value is -2.80. The molecular formula is C24H33N5O2. The van der Waals surface area contributed by atoms with Crippen LogP contribution in [0.15, 0.2) is 41.5 Å². The van der Waals surface area contributed by atoms with Gasteiger partial charge in [-0.3, -0.25) is 14.9 Å². The zero-order valence-electron chi connectivity index (χ0n) is 18.7. The van der Waals surface area contributed by atoms with E-state index in [1.165, 1.54) is 5.56 Å². The smallest absolute Gasteiger partial charge is 0.191 e. The molecular weight excluding hydrogens is 390 g/mol. The van der Waals surface area contributed by atoms with Gasteiger partial charge in [-0.05, 0) is 44.0 Å². The Balaban J connectivity index is 1.28. The van der Waals surface area contributed by atoms with Crippen LogP contribution in [-0.2, 0) is 19.5 Å². The molecule has 2 aliphatic rings. The molecule has 166 valence electrons. The number of fused-ring (bicyclic) bond motifs is 1. The first kappa shape index (κ1) is 21.4. The Labute approximate surface area is 184 Å². The summed E-state index contributed by atoms with van der Waals surface area (Å²) in [6.45, 7) is 5.75. The summed E-state index contributed by atoms with van der Waals surface area (Å²) in [4.78, 5) is 11.3. The molecule has 1 saturated heterocycles. The van der Waals surface area contributed by atoms with Crippen LogP contribution >= 0.6 is 0 Å². The fourth-order valence-electron chi connectivity index (χ4n) is 4.33. The van der Waals surface area contributed by atoms with Crippen LogP contribution in [0.4, 0.5) is 0 Å². The average molecular weight is 424 g/mol. The van der Waals surface area contributed by atoms with Gasteiger partial charge < -0.3 is 20.1 Å². The molecule has 0 saturated carbocycles. The summed E-state index contributed by atoms with van der Waals surface area (Å²) in [5.41, 5.74) is 3.42. The first-order valence-corrected chi connectivity index (χ1v) is 11.1. The number of benzene rings is 1. The van der Waals surface area contributed by atoms with Crippen molar-refractivity contribution in [3.05, 3.63) is 53.3 Å². The number of pyridine rings is 1. The van der Waals surface area contributed by atoms with E-state index in [2.05, 4.69) is 56.7 Å². The first-order chi connectivity index (χ1) is 15.1. The quantitative estimate of drug-likeness (QED) is 0.550. The number of hydrogen-bond donors (Lipinski definition) is 2. The molecule has 2 aliphatic heterocycles. The van der Waals surface area contributed by atoms with E-state index in [4.69, 9.17) is 9.47 Å². The molecule has 1 unspecified atom stereocenters. The normalized spacial score (nSPS) is 19.6. The lowest BCUT2D eigenvalue weighted by Crippen LogP contribution is -2.48. The van der Waals surface area contributed by atoms with E-state index in [9.17, 15) is 0 Å². The Bertz CT molecular complexity index is 894. The molecule has 0 bridgehead atoms. The van der Waals surface area contributed by atoms with Gasteiger partial charge in [0.1, 0.15) is 17.6 Å². The second-order valence-electron chi connectivity index (χ2n) is 8.35. The summed E-state index contributed by atoms with van der Waals surface area (Å²) in [7, 11) is 3.53. The minimum Gasteiger partial charge on any atom is -0.496 e. The van der Waals surface area contributed by atoms with Gasteiger partial charge in [0.05, 0.1) is 12.8 Å². The number of rotatable bonds is 6. The van der Waals surface area contributed by atoms with Crippen LogP contribution in [-0.4, -0.2) is 55.2 Å². The topological polar surface area (TPSA) is 71.0 Å². The fraction of sp³-hybridized carbons (Fsp3) is 0.500. The number of aromatic nitrogens is 1. The molecule has 1 aromatic carbocycles. The van der Waals surface area contributed by atoms with E-state index in [0.717, 1.165) is 67.6 Å². The third-order valence-electron chi connectivity index (χ3n) is 6.01. The van der Waals surface area contributed by atoms with Crippen LogP contribution in [0.1, 0.15) is 36.6 Å². The molecule has 4 rings (SSSR count). The Morgan fingerprint density at radius 1 is 1.29 bits per heavy atom. The number of nitrogens with one attached hydrogen (secondary N) is 2. The van der Waals surface area contributed by atoms with Gasteiger partial charge in [0.15, 0.2) is 5.96 Å². The predicted molar refractivity (Wildman–Crippen MR) is 123 cm³/mol. The summed E-state index contributed by atoms with van der Waals surface area (Å²) >= 11 is 0. The van der Waals surface area contributed by atoms with E-state index in [0.29, 0.717) is 12.6 Å². The molecule has 0 amide bonds. The lowest BCUT2D eigenvalue weighted by Gasteiger charge is -2.32. The molecule has 2 N–H and O–H groups in total. The summed E-state index contributed by atoms with van der Waals surface area (Å²) < 4.78 is 11.5. The molecule has 0 aliphatic carbocycles. The third kappa shape index (κ3) is 5.47. The first-order valence-electron chi connectivity index (χ1n) is 11.1. The van der Waals surface area contributed by atoms with Gasteiger partial charge >= 0.3 is 0 Å². The summed E-state index contributed by atoms with van der Waals surface area (Å²) in [6.07, 6.45) is 5.19. The predicted octanol–water partition coefficient (Wildman–Crippen LogP) is 2.74. The van der Waals surface area contributed by atoms with Crippen LogP contribution in [0.5, 0.6) is 11.5 Å². The van der Waals surface area contributed by atoms with Crippen molar-refractivity contribution in [2.45, 2.75) is 51.4 Å². The van der Waals surface area contributed by atoms with Crippen LogP contribution in [0.2, 0.25) is 0 Å². The van der Waals surface area contributed by atoms with E-state index in [1.807, 2.05) is 19.3 Å². The Morgan fingerprint density at radius 3 is 2.84 bits per heavy atom. The highest BCUT2D eigenvalue weighted by Gasteiger charge is 2.23. The summed E-state index contributed by atoms with van der Waals surface area (Å²) in [6, 6.07) is 10.7. The van der Waals surface area contributed by atoms with Gasteiger partial charge in [0, 0.05) is 63.0 Å².